The zero-order valence-electron chi connectivity index (χ0n) is 11.3. The van der Waals surface area contributed by atoms with Gasteiger partial charge in [0.1, 0.15) is 0 Å². The lowest BCUT2D eigenvalue weighted by Gasteiger charge is -2.17. The number of benzene rings is 1. The first-order chi connectivity index (χ1) is 9.24. The van der Waals surface area contributed by atoms with E-state index in [-0.39, 0.29) is 6.04 Å². The van der Waals surface area contributed by atoms with Crippen LogP contribution in [0.2, 0.25) is 0 Å². The van der Waals surface area contributed by atoms with Gasteiger partial charge in [0.15, 0.2) is 0 Å². The molecule has 0 saturated heterocycles. The maximum absolute atomic E-state index is 5.69. The minimum Gasteiger partial charge on any atom is -0.271 e. The molecule has 1 aromatic carbocycles. The number of rotatable bonds is 5. The van der Waals surface area contributed by atoms with Crippen molar-refractivity contribution in [2.75, 3.05) is 5.75 Å². The number of hydrazine groups is 1. The van der Waals surface area contributed by atoms with Crippen LogP contribution in [-0.2, 0) is 0 Å². The second-order valence-corrected chi connectivity index (χ2v) is 5.67. The van der Waals surface area contributed by atoms with Crippen molar-refractivity contribution in [2.45, 2.75) is 24.8 Å². The molecule has 0 aliphatic carbocycles. The average Bonchev–Trinajstić information content (AvgIpc) is 2.44. The van der Waals surface area contributed by atoms with Gasteiger partial charge in [-0.15, -0.1) is 11.8 Å². The summed E-state index contributed by atoms with van der Waals surface area (Å²) in [5.41, 5.74) is 6.09. The summed E-state index contributed by atoms with van der Waals surface area (Å²) in [6, 6.07) is 12.5. The maximum Gasteiger partial charge on any atom is 0.0725 e. The van der Waals surface area contributed by atoms with Gasteiger partial charge in [0.2, 0.25) is 0 Å². The number of nitrogens with zero attached hydrogens (tertiary/aromatic N) is 1. The van der Waals surface area contributed by atoms with Crippen LogP contribution in [0.15, 0.2) is 47.5 Å². The van der Waals surface area contributed by atoms with Crippen LogP contribution in [0.5, 0.6) is 0 Å². The topological polar surface area (TPSA) is 50.9 Å². The Labute approximate surface area is 118 Å². The van der Waals surface area contributed by atoms with Gasteiger partial charge in [0.05, 0.1) is 6.04 Å². The van der Waals surface area contributed by atoms with Crippen molar-refractivity contribution in [2.24, 2.45) is 5.84 Å². The van der Waals surface area contributed by atoms with E-state index in [9.17, 15) is 0 Å². The molecule has 2 rings (SSSR count). The number of aryl methyl sites for hydroxylation is 1. The van der Waals surface area contributed by atoms with Crippen LogP contribution in [0.4, 0.5) is 0 Å². The molecule has 0 amide bonds. The molecule has 0 bridgehead atoms. The van der Waals surface area contributed by atoms with Crippen LogP contribution >= 0.6 is 11.8 Å². The zero-order chi connectivity index (χ0) is 13.7. The Morgan fingerprint density at radius 3 is 2.37 bits per heavy atom. The zero-order valence-corrected chi connectivity index (χ0v) is 12.1. The highest BCUT2D eigenvalue weighted by molar-refractivity contribution is 7.99. The molecule has 2 aromatic rings. The van der Waals surface area contributed by atoms with Gasteiger partial charge in [-0.3, -0.25) is 10.8 Å². The van der Waals surface area contributed by atoms with E-state index in [1.54, 1.807) is 0 Å². The molecule has 19 heavy (non-hydrogen) atoms. The number of thioether (sulfide) groups is 1. The van der Waals surface area contributed by atoms with E-state index in [0.717, 1.165) is 22.6 Å². The molecule has 1 unspecified atom stereocenters. The molecule has 100 valence electrons. The Morgan fingerprint density at radius 1 is 1.16 bits per heavy atom. The van der Waals surface area contributed by atoms with Gasteiger partial charge in [-0.1, -0.05) is 25.1 Å². The fraction of sp³-hybridized carbons (Fsp3) is 0.267. The summed E-state index contributed by atoms with van der Waals surface area (Å²) in [6.45, 7) is 4.13. The Kier molecular flexibility index (Phi) is 4.96. The Bertz CT molecular complexity index is 508. The summed E-state index contributed by atoms with van der Waals surface area (Å²) in [4.78, 5) is 5.60. The molecule has 0 aliphatic rings. The number of pyridine rings is 1. The van der Waals surface area contributed by atoms with Gasteiger partial charge in [-0.25, -0.2) is 5.43 Å². The fourth-order valence-corrected chi connectivity index (χ4v) is 2.62. The Balaban J connectivity index is 2.23. The van der Waals surface area contributed by atoms with Gasteiger partial charge in [0.25, 0.3) is 0 Å². The monoisotopic (exact) mass is 273 g/mol. The Morgan fingerprint density at radius 2 is 1.84 bits per heavy atom. The van der Waals surface area contributed by atoms with Gasteiger partial charge in [0, 0.05) is 16.8 Å². The average molecular weight is 273 g/mol. The molecule has 0 saturated carbocycles. The van der Waals surface area contributed by atoms with Gasteiger partial charge in [-0.2, -0.15) is 0 Å². The van der Waals surface area contributed by atoms with Gasteiger partial charge < -0.3 is 0 Å². The molecule has 0 aliphatic heterocycles. The van der Waals surface area contributed by atoms with Crippen LogP contribution in [0.1, 0.15) is 29.8 Å². The highest BCUT2D eigenvalue weighted by Crippen LogP contribution is 2.24. The number of nitrogens with two attached hydrogens (primary N) is 1. The van der Waals surface area contributed by atoms with E-state index in [2.05, 4.69) is 47.7 Å². The first-order valence-electron chi connectivity index (χ1n) is 6.36. The third kappa shape index (κ3) is 3.56. The molecule has 0 radical (unpaired) electrons. The minimum atomic E-state index is -0.0197. The van der Waals surface area contributed by atoms with Crippen LogP contribution in [0.3, 0.4) is 0 Å². The third-order valence-corrected chi connectivity index (χ3v) is 3.85. The number of nitrogens with one attached hydrogen (secondary N) is 1. The van der Waals surface area contributed by atoms with Crippen LogP contribution in [0.25, 0.3) is 0 Å². The van der Waals surface area contributed by atoms with E-state index >= 15 is 0 Å². The number of hydrogen-bond donors (Lipinski definition) is 2. The fourth-order valence-electron chi connectivity index (χ4n) is 1.96. The van der Waals surface area contributed by atoms with Crippen LogP contribution in [0, 0.1) is 6.92 Å². The van der Waals surface area contributed by atoms with Gasteiger partial charge in [-0.05, 0) is 42.0 Å². The van der Waals surface area contributed by atoms with Crippen LogP contribution < -0.4 is 11.3 Å². The predicted molar refractivity (Wildman–Crippen MR) is 81.0 cm³/mol. The predicted octanol–water partition coefficient (Wildman–Crippen LogP) is 3.05. The second-order valence-electron chi connectivity index (χ2n) is 4.33. The SMILES string of the molecule is CCSc1ccc(C(NN)c2ccc(C)nc2)cc1. The van der Waals surface area contributed by atoms with Crippen molar-refractivity contribution in [3.63, 3.8) is 0 Å². The quantitative estimate of drug-likeness (QED) is 0.499. The van der Waals surface area contributed by atoms with Crippen LogP contribution in [-0.4, -0.2) is 10.7 Å². The molecule has 0 fully saturated rings. The van der Waals surface area contributed by atoms with Crippen molar-refractivity contribution in [3.05, 3.63) is 59.4 Å². The lowest BCUT2D eigenvalue weighted by molar-refractivity contribution is 0.634. The van der Waals surface area contributed by atoms with E-state index < -0.39 is 0 Å². The first kappa shape index (κ1) is 14.1. The highest BCUT2D eigenvalue weighted by Gasteiger charge is 2.12. The van der Waals surface area contributed by atoms with E-state index in [1.807, 2.05) is 30.9 Å². The van der Waals surface area contributed by atoms with Crippen molar-refractivity contribution in [3.8, 4) is 0 Å². The maximum atomic E-state index is 5.69. The number of hydrogen-bond acceptors (Lipinski definition) is 4. The molecule has 1 atom stereocenters. The minimum absolute atomic E-state index is 0.0197. The molecule has 1 aromatic heterocycles. The molecule has 3 nitrogen and oxygen atoms in total. The first-order valence-corrected chi connectivity index (χ1v) is 7.34. The molecule has 1 heterocycles. The number of aromatic nitrogens is 1. The smallest absolute Gasteiger partial charge is 0.0725 e. The van der Waals surface area contributed by atoms with E-state index in [0.29, 0.717) is 0 Å². The summed E-state index contributed by atoms with van der Waals surface area (Å²) < 4.78 is 0. The lowest BCUT2D eigenvalue weighted by atomic mass is 10.0. The lowest BCUT2D eigenvalue weighted by Crippen LogP contribution is -2.28. The van der Waals surface area contributed by atoms with Crippen molar-refractivity contribution in [1.29, 1.82) is 0 Å². The molecular formula is C15H19N3S. The van der Waals surface area contributed by atoms with E-state index in [4.69, 9.17) is 5.84 Å². The molecule has 4 heteroatoms. The third-order valence-electron chi connectivity index (χ3n) is 2.96. The molecular weight excluding hydrogens is 254 g/mol. The summed E-state index contributed by atoms with van der Waals surface area (Å²) in [5.74, 6) is 6.77. The van der Waals surface area contributed by atoms with Crippen molar-refractivity contribution < 1.29 is 0 Å². The standard InChI is InChI=1S/C15H19N3S/c1-3-19-14-8-6-12(7-9-14)15(18-16)13-5-4-11(2)17-10-13/h4-10,15,18H,3,16H2,1-2H3. The summed E-state index contributed by atoms with van der Waals surface area (Å²) >= 11 is 1.84. The summed E-state index contributed by atoms with van der Waals surface area (Å²) in [6.07, 6.45) is 1.87. The van der Waals surface area contributed by atoms with E-state index in [1.165, 1.54) is 4.90 Å². The van der Waals surface area contributed by atoms with Crippen molar-refractivity contribution in [1.82, 2.24) is 10.4 Å². The Hall–Kier alpha value is -1.36. The molecule has 3 N–H and O–H groups in total. The van der Waals surface area contributed by atoms with Gasteiger partial charge >= 0.3 is 0 Å². The summed E-state index contributed by atoms with van der Waals surface area (Å²) in [5, 5.41) is 0. The highest BCUT2D eigenvalue weighted by atomic mass is 32.2. The normalized spacial score (nSPS) is 12.4. The molecule has 0 spiro atoms. The second kappa shape index (κ2) is 6.70. The summed E-state index contributed by atoms with van der Waals surface area (Å²) in [7, 11) is 0. The largest absolute Gasteiger partial charge is 0.271 e. The van der Waals surface area contributed by atoms with Crippen molar-refractivity contribution >= 4 is 11.8 Å².